The van der Waals surface area contributed by atoms with Crippen LogP contribution in [0.3, 0.4) is 0 Å². The number of hydrogen-bond acceptors (Lipinski definition) is 2. The van der Waals surface area contributed by atoms with Crippen LogP contribution in [0, 0.1) is 5.92 Å². The van der Waals surface area contributed by atoms with E-state index in [-0.39, 0.29) is 5.92 Å². The normalized spacial score (nSPS) is 19.9. The standard InChI is InChI=1S/C14H19NO/c16-14(13-9-10-15-11-13)8-4-7-12-5-2-1-3-6-12/h1-3,5-6,13,15H,4,7-11H2. The third-order valence-electron chi connectivity index (χ3n) is 3.25. The van der Waals surface area contributed by atoms with Gasteiger partial charge in [-0.3, -0.25) is 4.79 Å². The number of carbonyl (C=O) groups is 1. The molecule has 1 N–H and O–H groups in total. The molecule has 2 heteroatoms. The van der Waals surface area contributed by atoms with Gasteiger partial charge in [-0.2, -0.15) is 0 Å². The van der Waals surface area contributed by atoms with E-state index in [1.54, 1.807) is 0 Å². The first-order valence-corrected chi connectivity index (χ1v) is 6.13. The molecule has 0 aromatic heterocycles. The summed E-state index contributed by atoms with van der Waals surface area (Å²) in [5, 5.41) is 3.24. The molecule has 0 amide bonds. The van der Waals surface area contributed by atoms with E-state index in [4.69, 9.17) is 0 Å². The maximum Gasteiger partial charge on any atom is 0.137 e. The number of rotatable bonds is 5. The minimum Gasteiger partial charge on any atom is -0.316 e. The van der Waals surface area contributed by atoms with Crippen LogP contribution < -0.4 is 5.32 Å². The first kappa shape index (κ1) is 11.3. The van der Waals surface area contributed by atoms with Crippen molar-refractivity contribution < 1.29 is 4.79 Å². The smallest absolute Gasteiger partial charge is 0.137 e. The van der Waals surface area contributed by atoms with Crippen molar-refractivity contribution in [3.63, 3.8) is 0 Å². The highest BCUT2D eigenvalue weighted by molar-refractivity contribution is 5.81. The summed E-state index contributed by atoms with van der Waals surface area (Å²) in [6.07, 6.45) is 3.78. The van der Waals surface area contributed by atoms with Gasteiger partial charge in [-0.1, -0.05) is 30.3 Å². The van der Waals surface area contributed by atoms with Gasteiger partial charge in [-0.05, 0) is 31.4 Å². The summed E-state index contributed by atoms with van der Waals surface area (Å²) >= 11 is 0. The van der Waals surface area contributed by atoms with E-state index >= 15 is 0 Å². The summed E-state index contributed by atoms with van der Waals surface area (Å²) in [5.41, 5.74) is 1.33. The summed E-state index contributed by atoms with van der Waals surface area (Å²) in [6.45, 7) is 1.90. The van der Waals surface area contributed by atoms with Gasteiger partial charge >= 0.3 is 0 Å². The van der Waals surface area contributed by atoms with E-state index in [2.05, 4.69) is 29.6 Å². The van der Waals surface area contributed by atoms with Gasteiger partial charge < -0.3 is 5.32 Å². The van der Waals surface area contributed by atoms with Crippen molar-refractivity contribution in [3.05, 3.63) is 35.9 Å². The monoisotopic (exact) mass is 217 g/mol. The van der Waals surface area contributed by atoms with Crippen molar-refractivity contribution in [1.29, 1.82) is 0 Å². The lowest BCUT2D eigenvalue weighted by atomic mass is 9.97. The maximum atomic E-state index is 11.8. The first-order valence-electron chi connectivity index (χ1n) is 6.13. The molecule has 0 bridgehead atoms. The number of Topliss-reactive ketones (excluding diaryl/α,β-unsaturated/α-hetero) is 1. The van der Waals surface area contributed by atoms with Crippen molar-refractivity contribution in [1.82, 2.24) is 5.32 Å². The van der Waals surface area contributed by atoms with Gasteiger partial charge in [0, 0.05) is 18.9 Å². The Labute approximate surface area is 97.1 Å². The number of benzene rings is 1. The van der Waals surface area contributed by atoms with Crippen molar-refractivity contribution >= 4 is 5.78 Å². The molecule has 1 aliphatic rings. The van der Waals surface area contributed by atoms with Crippen LogP contribution in [0.2, 0.25) is 0 Å². The third kappa shape index (κ3) is 3.17. The molecule has 86 valence electrons. The topological polar surface area (TPSA) is 29.1 Å². The molecule has 0 radical (unpaired) electrons. The van der Waals surface area contributed by atoms with E-state index in [9.17, 15) is 4.79 Å². The maximum absolute atomic E-state index is 11.8. The molecule has 2 rings (SSSR count). The lowest BCUT2D eigenvalue weighted by molar-refractivity contribution is -0.122. The van der Waals surface area contributed by atoms with Crippen molar-refractivity contribution in [2.45, 2.75) is 25.7 Å². The highest BCUT2D eigenvalue weighted by atomic mass is 16.1. The molecule has 0 saturated carbocycles. The highest BCUT2D eigenvalue weighted by Gasteiger charge is 2.21. The summed E-state index contributed by atoms with van der Waals surface area (Å²) < 4.78 is 0. The Kier molecular flexibility index (Phi) is 4.11. The zero-order chi connectivity index (χ0) is 11.2. The summed E-state index contributed by atoms with van der Waals surface area (Å²) in [7, 11) is 0. The van der Waals surface area contributed by atoms with Gasteiger partial charge in [0.2, 0.25) is 0 Å². The SMILES string of the molecule is O=C(CCCc1ccccc1)C1CCNC1. The molecule has 2 nitrogen and oxygen atoms in total. The molecule has 1 saturated heterocycles. The molecule has 1 heterocycles. The van der Waals surface area contributed by atoms with Crippen LogP contribution in [-0.4, -0.2) is 18.9 Å². The zero-order valence-corrected chi connectivity index (χ0v) is 9.61. The predicted octanol–water partition coefficient (Wildman–Crippen LogP) is 2.19. The second-order valence-corrected chi connectivity index (χ2v) is 4.50. The number of carbonyl (C=O) groups excluding carboxylic acids is 1. The largest absolute Gasteiger partial charge is 0.316 e. The molecule has 1 atom stereocenters. The Morgan fingerprint density at radius 2 is 2.12 bits per heavy atom. The van der Waals surface area contributed by atoms with Crippen LogP contribution in [0.4, 0.5) is 0 Å². The quantitative estimate of drug-likeness (QED) is 0.819. The lowest BCUT2D eigenvalue weighted by Gasteiger charge is -2.06. The number of aryl methyl sites for hydroxylation is 1. The van der Waals surface area contributed by atoms with Gasteiger partial charge in [0.25, 0.3) is 0 Å². The average molecular weight is 217 g/mol. The first-order chi connectivity index (χ1) is 7.86. The summed E-state index contributed by atoms with van der Waals surface area (Å²) in [5.74, 6) is 0.733. The number of ketones is 1. The molecule has 0 aliphatic carbocycles. The van der Waals surface area contributed by atoms with E-state index in [0.29, 0.717) is 5.78 Å². The van der Waals surface area contributed by atoms with Gasteiger partial charge in [-0.15, -0.1) is 0 Å². The Balaban J connectivity index is 1.70. The third-order valence-corrected chi connectivity index (χ3v) is 3.25. The fourth-order valence-corrected chi connectivity index (χ4v) is 2.25. The average Bonchev–Trinajstić information content (AvgIpc) is 2.84. The van der Waals surface area contributed by atoms with E-state index in [0.717, 1.165) is 38.8 Å². The molecular formula is C14H19NO. The Hall–Kier alpha value is -1.15. The van der Waals surface area contributed by atoms with Gasteiger partial charge in [0.1, 0.15) is 5.78 Å². The van der Waals surface area contributed by atoms with Gasteiger partial charge in [0.05, 0.1) is 0 Å². The Bertz CT molecular complexity index is 328. The molecular weight excluding hydrogens is 198 g/mol. The zero-order valence-electron chi connectivity index (χ0n) is 9.61. The van der Waals surface area contributed by atoms with Gasteiger partial charge in [-0.25, -0.2) is 0 Å². The minimum atomic E-state index is 0.288. The number of hydrogen-bond donors (Lipinski definition) is 1. The van der Waals surface area contributed by atoms with Crippen LogP contribution in [-0.2, 0) is 11.2 Å². The predicted molar refractivity (Wildman–Crippen MR) is 65.4 cm³/mol. The fourth-order valence-electron chi connectivity index (χ4n) is 2.25. The molecule has 1 aromatic rings. The number of nitrogens with one attached hydrogen (secondary N) is 1. The fraction of sp³-hybridized carbons (Fsp3) is 0.500. The van der Waals surface area contributed by atoms with Gasteiger partial charge in [0.15, 0.2) is 0 Å². The van der Waals surface area contributed by atoms with Crippen LogP contribution in [0.1, 0.15) is 24.8 Å². The molecule has 1 fully saturated rings. The second kappa shape index (κ2) is 5.80. The molecule has 16 heavy (non-hydrogen) atoms. The van der Waals surface area contributed by atoms with Crippen LogP contribution >= 0.6 is 0 Å². The molecule has 1 unspecified atom stereocenters. The summed E-state index contributed by atoms with van der Waals surface area (Å²) in [6, 6.07) is 10.4. The van der Waals surface area contributed by atoms with Crippen molar-refractivity contribution in [3.8, 4) is 0 Å². The molecule has 1 aliphatic heterocycles. The van der Waals surface area contributed by atoms with E-state index in [1.165, 1.54) is 5.56 Å². The lowest BCUT2D eigenvalue weighted by Crippen LogP contribution is -2.17. The minimum absolute atomic E-state index is 0.288. The Morgan fingerprint density at radius 3 is 2.81 bits per heavy atom. The Morgan fingerprint density at radius 1 is 1.31 bits per heavy atom. The highest BCUT2D eigenvalue weighted by Crippen LogP contribution is 2.13. The second-order valence-electron chi connectivity index (χ2n) is 4.50. The summed E-state index contributed by atoms with van der Waals surface area (Å²) in [4.78, 5) is 11.8. The van der Waals surface area contributed by atoms with E-state index < -0.39 is 0 Å². The molecule has 1 aromatic carbocycles. The van der Waals surface area contributed by atoms with E-state index in [1.807, 2.05) is 6.07 Å². The molecule has 0 spiro atoms. The van der Waals surface area contributed by atoms with Crippen LogP contribution in [0.15, 0.2) is 30.3 Å². The van der Waals surface area contributed by atoms with Crippen LogP contribution in [0.25, 0.3) is 0 Å². The van der Waals surface area contributed by atoms with Crippen molar-refractivity contribution in [2.75, 3.05) is 13.1 Å². The van der Waals surface area contributed by atoms with Crippen LogP contribution in [0.5, 0.6) is 0 Å². The van der Waals surface area contributed by atoms with Crippen molar-refractivity contribution in [2.24, 2.45) is 5.92 Å².